The molecule has 2 nitrogen and oxygen atoms in total. The van der Waals surface area contributed by atoms with Crippen molar-refractivity contribution in [3.05, 3.63) is 33.3 Å². The molecule has 88 valence electrons. The molecule has 16 heavy (non-hydrogen) atoms. The molecule has 0 bridgehead atoms. The van der Waals surface area contributed by atoms with Gasteiger partial charge in [-0.25, -0.2) is 0 Å². The van der Waals surface area contributed by atoms with Gasteiger partial charge in [0, 0.05) is 16.0 Å². The number of rotatable bonds is 4. The molecule has 0 aliphatic rings. The summed E-state index contributed by atoms with van der Waals surface area (Å²) >= 11 is 15.2. The van der Waals surface area contributed by atoms with Crippen molar-refractivity contribution in [3.8, 4) is 0 Å². The Hall–Kier alpha value is -0.250. The minimum atomic E-state index is -0.696. The molecule has 0 heterocycles. The van der Waals surface area contributed by atoms with Gasteiger partial charge in [0.15, 0.2) is 0 Å². The lowest BCUT2D eigenvalue weighted by Crippen LogP contribution is -2.27. The van der Waals surface area contributed by atoms with E-state index in [0.29, 0.717) is 11.6 Å². The molecule has 1 amide bonds. The number of hydrogen-bond acceptors (Lipinski definition) is 1. The summed E-state index contributed by atoms with van der Waals surface area (Å²) in [6.45, 7) is 2.62. The summed E-state index contributed by atoms with van der Waals surface area (Å²) in [4.78, 5) is 11.6. The molecule has 0 aliphatic carbocycles. The zero-order chi connectivity index (χ0) is 12.1. The van der Waals surface area contributed by atoms with Gasteiger partial charge in [0.1, 0.15) is 5.38 Å². The smallest absolute Gasteiger partial charge is 0.242 e. The van der Waals surface area contributed by atoms with Gasteiger partial charge in [-0.3, -0.25) is 4.79 Å². The molecule has 0 aliphatic heterocycles. The van der Waals surface area contributed by atoms with Crippen molar-refractivity contribution in [2.24, 2.45) is 0 Å². The van der Waals surface area contributed by atoms with E-state index in [1.54, 1.807) is 18.2 Å². The Morgan fingerprint density at radius 1 is 1.56 bits per heavy atom. The lowest BCUT2D eigenvalue weighted by molar-refractivity contribution is -0.120. The van der Waals surface area contributed by atoms with Crippen LogP contribution in [0.5, 0.6) is 0 Å². The van der Waals surface area contributed by atoms with Crippen LogP contribution in [0.1, 0.15) is 24.3 Å². The highest BCUT2D eigenvalue weighted by Gasteiger charge is 2.19. The maximum atomic E-state index is 11.6. The quantitative estimate of drug-likeness (QED) is 0.836. The fraction of sp³-hybridized carbons (Fsp3) is 0.364. The first-order valence-corrected chi connectivity index (χ1v) is 6.53. The molecular weight excluding hydrogens is 313 g/mol. The van der Waals surface area contributed by atoms with Crippen molar-refractivity contribution in [2.45, 2.75) is 18.7 Å². The van der Waals surface area contributed by atoms with Crippen molar-refractivity contribution in [1.82, 2.24) is 5.32 Å². The number of carbonyl (C=O) groups excluding carboxylic acids is 1. The Bertz CT molecular complexity index is 384. The molecule has 0 aromatic heterocycles. The van der Waals surface area contributed by atoms with Gasteiger partial charge >= 0.3 is 0 Å². The van der Waals surface area contributed by atoms with Gasteiger partial charge in [-0.05, 0) is 24.1 Å². The van der Waals surface area contributed by atoms with E-state index >= 15 is 0 Å². The van der Waals surface area contributed by atoms with Crippen LogP contribution in [0, 0.1) is 0 Å². The van der Waals surface area contributed by atoms with E-state index in [1.165, 1.54) is 0 Å². The molecular formula is C11H12BrCl2NO. The SMILES string of the molecule is CCCNC(=O)C(Cl)c1ccc(Cl)cc1Br. The summed E-state index contributed by atoms with van der Waals surface area (Å²) < 4.78 is 0.742. The highest BCUT2D eigenvalue weighted by atomic mass is 79.9. The minimum absolute atomic E-state index is 0.188. The molecule has 0 radical (unpaired) electrons. The first-order chi connectivity index (χ1) is 7.56. The molecule has 5 heteroatoms. The van der Waals surface area contributed by atoms with E-state index in [2.05, 4.69) is 21.2 Å². The van der Waals surface area contributed by atoms with Crippen molar-refractivity contribution in [1.29, 1.82) is 0 Å². The largest absolute Gasteiger partial charge is 0.355 e. The Balaban J connectivity index is 2.79. The highest BCUT2D eigenvalue weighted by Crippen LogP contribution is 2.30. The molecule has 1 atom stereocenters. The molecule has 1 aromatic carbocycles. The Labute approximate surface area is 113 Å². The van der Waals surface area contributed by atoms with Crippen LogP contribution in [0.25, 0.3) is 0 Å². The van der Waals surface area contributed by atoms with Crippen LogP contribution >= 0.6 is 39.1 Å². The van der Waals surface area contributed by atoms with E-state index < -0.39 is 5.38 Å². The molecule has 1 aromatic rings. The van der Waals surface area contributed by atoms with E-state index in [9.17, 15) is 4.79 Å². The van der Waals surface area contributed by atoms with Crippen LogP contribution in [0.15, 0.2) is 22.7 Å². The Morgan fingerprint density at radius 2 is 2.25 bits per heavy atom. The molecule has 1 N–H and O–H groups in total. The second-order valence-electron chi connectivity index (χ2n) is 3.32. The monoisotopic (exact) mass is 323 g/mol. The normalized spacial score (nSPS) is 12.2. The number of benzene rings is 1. The molecule has 0 saturated carbocycles. The van der Waals surface area contributed by atoms with Crippen LogP contribution in [0.4, 0.5) is 0 Å². The number of halogens is 3. The number of alkyl halides is 1. The average molecular weight is 325 g/mol. The van der Waals surface area contributed by atoms with Crippen LogP contribution in [0.3, 0.4) is 0 Å². The zero-order valence-electron chi connectivity index (χ0n) is 8.77. The fourth-order valence-electron chi connectivity index (χ4n) is 1.19. The third kappa shape index (κ3) is 3.65. The highest BCUT2D eigenvalue weighted by molar-refractivity contribution is 9.10. The third-order valence-corrected chi connectivity index (χ3v) is 3.37. The van der Waals surface area contributed by atoms with Gasteiger partial charge in [-0.2, -0.15) is 0 Å². The van der Waals surface area contributed by atoms with Crippen molar-refractivity contribution >= 4 is 45.0 Å². The predicted molar refractivity (Wildman–Crippen MR) is 71.0 cm³/mol. The molecule has 0 spiro atoms. The van der Waals surface area contributed by atoms with Gasteiger partial charge in [-0.1, -0.05) is 40.5 Å². The van der Waals surface area contributed by atoms with Gasteiger partial charge in [0.25, 0.3) is 0 Å². The third-order valence-electron chi connectivity index (χ3n) is 2.01. The predicted octanol–water partition coefficient (Wildman–Crippen LogP) is 3.91. The topological polar surface area (TPSA) is 29.1 Å². The Morgan fingerprint density at radius 3 is 2.81 bits per heavy atom. The van der Waals surface area contributed by atoms with Crippen LogP contribution in [-0.4, -0.2) is 12.5 Å². The average Bonchev–Trinajstić information content (AvgIpc) is 2.25. The summed E-state index contributed by atoms with van der Waals surface area (Å²) in [6.07, 6.45) is 0.886. The van der Waals surface area contributed by atoms with E-state index in [0.717, 1.165) is 16.5 Å². The second-order valence-corrected chi connectivity index (χ2v) is 5.05. The summed E-state index contributed by atoms with van der Waals surface area (Å²) in [6, 6.07) is 5.18. The number of hydrogen-bond donors (Lipinski definition) is 1. The van der Waals surface area contributed by atoms with Gasteiger partial charge in [0.05, 0.1) is 0 Å². The first-order valence-electron chi connectivity index (χ1n) is 4.93. The maximum absolute atomic E-state index is 11.6. The Kier molecular flexibility index (Phi) is 5.59. The van der Waals surface area contributed by atoms with E-state index in [1.807, 2.05) is 6.92 Å². The van der Waals surface area contributed by atoms with E-state index in [4.69, 9.17) is 23.2 Å². The summed E-state index contributed by atoms with van der Waals surface area (Å²) in [5.41, 5.74) is 0.722. The zero-order valence-corrected chi connectivity index (χ0v) is 11.9. The summed E-state index contributed by atoms with van der Waals surface area (Å²) in [5.74, 6) is -0.188. The van der Waals surface area contributed by atoms with E-state index in [-0.39, 0.29) is 5.91 Å². The lowest BCUT2D eigenvalue weighted by atomic mass is 10.1. The number of carbonyl (C=O) groups is 1. The second kappa shape index (κ2) is 6.48. The first kappa shape index (κ1) is 13.8. The van der Waals surface area contributed by atoms with Gasteiger partial charge in [0.2, 0.25) is 5.91 Å². The molecule has 0 saturated heterocycles. The van der Waals surface area contributed by atoms with Gasteiger partial charge < -0.3 is 5.32 Å². The standard InChI is InChI=1S/C11H12BrCl2NO/c1-2-5-15-11(16)10(14)8-4-3-7(13)6-9(8)12/h3-4,6,10H,2,5H2,1H3,(H,15,16). The van der Waals surface area contributed by atoms with Crippen molar-refractivity contribution in [3.63, 3.8) is 0 Å². The van der Waals surface area contributed by atoms with Crippen LogP contribution < -0.4 is 5.32 Å². The molecule has 1 unspecified atom stereocenters. The van der Waals surface area contributed by atoms with Crippen molar-refractivity contribution in [2.75, 3.05) is 6.54 Å². The lowest BCUT2D eigenvalue weighted by Gasteiger charge is -2.12. The number of amides is 1. The van der Waals surface area contributed by atoms with Crippen LogP contribution in [-0.2, 0) is 4.79 Å². The van der Waals surface area contributed by atoms with Crippen molar-refractivity contribution < 1.29 is 4.79 Å². The minimum Gasteiger partial charge on any atom is -0.355 e. The summed E-state index contributed by atoms with van der Waals surface area (Å²) in [7, 11) is 0. The maximum Gasteiger partial charge on any atom is 0.242 e. The molecule has 0 fully saturated rings. The fourth-order valence-corrected chi connectivity index (χ4v) is 2.50. The van der Waals surface area contributed by atoms with Gasteiger partial charge in [-0.15, -0.1) is 11.6 Å². The van der Waals surface area contributed by atoms with Crippen LogP contribution in [0.2, 0.25) is 5.02 Å². The summed E-state index contributed by atoms with van der Waals surface area (Å²) in [5, 5.41) is 2.66. The molecule has 1 rings (SSSR count). The number of nitrogens with one attached hydrogen (secondary N) is 1.